The maximum atomic E-state index is 12.2. The molecule has 102 valence electrons. The van der Waals surface area contributed by atoms with Crippen LogP contribution in [0.1, 0.15) is 28.7 Å². The van der Waals surface area contributed by atoms with Crippen LogP contribution in [-0.2, 0) is 20.0 Å². The Morgan fingerprint density at radius 1 is 1.53 bits per heavy atom. The number of hydrogen-bond donors (Lipinski definition) is 1. The molecular formula is C12H16ClN5O. The SMILES string of the molecule is CCn1nc(C)c(Cl)c1CC(=O)c1cnn(C)c1N. The first-order valence-corrected chi connectivity index (χ1v) is 6.36. The van der Waals surface area contributed by atoms with Crippen molar-refractivity contribution in [3.05, 3.63) is 28.2 Å². The van der Waals surface area contributed by atoms with Crippen LogP contribution in [0.25, 0.3) is 0 Å². The first-order chi connectivity index (χ1) is 8.95. The average molecular weight is 282 g/mol. The lowest BCUT2D eigenvalue weighted by Crippen LogP contribution is -2.11. The minimum Gasteiger partial charge on any atom is -0.383 e. The Morgan fingerprint density at radius 3 is 2.74 bits per heavy atom. The van der Waals surface area contributed by atoms with E-state index in [9.17, 15) is 4.79 Å². The van der Waals surface area contributed by atoms with Crippen LogP contribution >= 0.6 is 11.6 Å². The van der Waals surface area contributed by atoms with Gasteiger partial charge in [0, 0.05) is 13.6 Å². The number of aromatic nitrogens is 4. The predicted molar refractivity (Wildman–Crippen MR) is 73.3 cm³/mol. The van der Waals surface area contributed by atoms with E-state index in [1.54, 1.807) is 11.7 Å². The molecule has 0 saturated heterocycles. The number of halogens is 1. The molecule has 0 aromatic carbocycles. The second-order valence-corrected chi connectivity index (χ2v) is 4.71. The summed E-state index contributed by atoms with van der Waals surface area (Å²) in [6.07, 6.45) is 1.65. The monoisotopic (exact) mass is 281 g/mol. The standard InChI is InChI=1S/C12H16ClN5O/c1-4-18-9(11(13)7(2)16-18)5-10(19)8-6-15-17(3)12(8)14/h6H,4-5,14H2,1-3H3. The fraction of sp³-hybridized carbons (Fsp3) is 0.417. The number of nitrogens with two attached hydrogens (primary N) is 1. The van der Waals surface area contributed by atoms with Crippen LogP contribution < -0.4 is 5.73 Å². The van der Waals surface area contributed by atoms with Gasteiger partial charge in [-0.1, -0.05) is 11.6 Å². The molecule has 19 heavy (non-hydrogen) atoms. The van der Waals surface area contributed by atoms with E-state index in [0.29, 0.717) is 22.9 Å². The van der Waals surface area contributed by atoms with Gasteiger partial charge >= 0.3 is 0 Å². The third kappa shape index (κ3) is 2.35. The van der Waals surface area contributed by atoms with Crippen LogP contribution in [0.2, 0.25) is 5.02 Å². The van der Waals surface area contributed by atoms with Gasteiger partial charge in [-0.25, -0.2) is 0 Å². The smallest absolute Gasteiger partial charge is 0.174 e. The molecule has 0 bridgehead atoms. The summed E-state index contributed by atoms with van der Waals surface area (Å²) in [6.45, 7) is 4.44. The summed E-state index contributed by atoms with van der Waals surface area (Å²) in [5.74, 6) is 0.252. The fourth-order valence-electron chi connectivity index (χ4n) is 1.95. The Hall–Kier alpha value is -1.82. The van der Waals surface area contributed by atoms with Gasteiger partial charge in [0.2, 0.25) is 0 Å². The average Bonchev–Trinajstić information content (AvgIpc) is 2.84. The largest absolute Gasteiger partial charge is 0.383 e. The number of carbonyl (C=O) groups is 1. The zero-order valence-electron chi connectivity index (χ0n) is 11.1. The molecule has 2 aromatic heterocycles. The van der Waals surface area contributed by atoms with Crippen LogP contribution in [0.15, 0.2) is 6.20 Å². The van der Waals surface area contributed by atoms with Crippen LogP contribution in [0.3, 0.4) is 0 Å². The van der Waals surface area contributed by atoms with Crippen molar-refractivity contribution >= 4 is 23.2 Å². The Labute approximate surface area is 116 Å². The van der Waals surface area contributed by atoms with Crippen molar-refractivity contribution in [2.75, 3.05) is 5.73 Å². The number of hydrogen-bond acceptors (Lipinski definition) is 4. The molecule has 0 radical (unpaired) electrons. The lowest BCUT2D eigenvalue weighted by molar-refractivity contribution is 0.0991. The van der Waals surface area contributed by atoms with Crippen LogP contribution in [0.4, 0.5) is 5.82 Å². The normalized spacial score (nSPS) is 10.9. The Kier molecular flexibility index (Phi) is 3.61. The van der Waals surface area contributed by atoms with Gasteiger partial charge in [0.05, 0.1) is 34.6 Å². The third-order valence-electron chi connectivity index (χ3n) is 3.07. The van der Waals surface area contributed by atoms with E-state index in [-0.39, 0.29) is 12.2 Å². The molecule has 2 rings (SSSR count). The van der Waals surface area contributed by atoms with E-state index in [1.165, 1.54) is 10.9 Å². The molecule has 2 N–H and O–H groups in total. The zero-order chi connectivity index (χ0) is 14.2. The number of aryl methyl sites for hydroxylation is 3. The van der Waals surface area contributed by atoms with E-state index in [0.717, 1.165) is 11.4 Å². The second kappa shape index (κ2) is 5.05. The molecule has 0 unspecified atom stereocenters. The topological polar surface area (TPSA) is 78.7 Å². The zero-order valence-corrected chi connectivity index (χ0v) is 11.9. The van der Waals surface area contributed by atoms with E-state index < -0.39 is 0 Å². The molecule has 0 aliphatic heterocycles. The quantitative estimate of drug-likeness (QED) is 0.864. The van der Waals surface area contributed by atoms with Crippen molar-refractivity contribution in [2.45, 2.75) is 26.8 Å². The van der Waals surface area contributed by atoms with Gasteiger partial charge in [-0.15, -0.1) is 0 Å². The number of anilines is 1. The van der Waals surface area contributed by atoms with E-state index in [4.69, 9.17) is 17.3 Å². The van der Waals surface area contributed by atoms with Gasteiger partial charge < -0.3 is 5.73 Å². The maximum absolute atomic E-state index is 12.2. The Morgan fingerprint density at radius 2 is 2.21 bits per heavy atom. The van der Waals surface area contributed by atoms with Gasteiger partial charge in [0.15, 0.2) is 5.78 Å². The molecule has 6 nitrogen and oxygen atoms in total. The Bertz CT molecular complexity index is 628. The number of ketones is 1. The van der Waals surface area contributed by atoms with Crippen molar-refractivity contribution in [1.29, 1.82) is 0 Å². The molecular weight excluding hydrogens is 266 g/mol. The highest BCUT2D eigenvalue weighted by atomic mass is 35.5. The maximum Gasteiger partial charge on any atom is 0.174 e. The first-order valence-electron chi connectivity index (χ1n) is 5.98. The van der Waals surface area contributed by atoms with Gasteiger partial charge in [0.1, 0.15) is 5.82 Å². The number of Topliss-reactive ketones (excluding diaryl/α,β-unsaturated/α-hetero) is 1. The van der Waals surface area contributed by atoms with E-state index in [1.807, 2.05) is 13.8 Å². The summed E-state index contributed by atoms with van der Waals surface area (Å²) < 4.78 is 3.21. The molecule has 0 saturated carbocycles. The van der Waals surface area contributed by atoms with Crippen LogP contribution in [-0.4, -0.2) is 25.3 Å². The highest BCUT2D eigenvalue weighted by Crippen LogP contribution is 2.23. The van der Waals surface area contributed by atoms with Gasteiger partial charge in [0.25, 0.3) is 0 Å². The summed E-state index contributed by atoms with van der Waals surface area (Å²) >= 11 is 6.18. The lowest BCUT2D eigenvalue weighted by atomic mass is 10.1. The molecule has 0 aliphatic rings. The van der Waals surface area contributed by atoms with Gasteiger partial charge in [-0.3, -0.25) is 14.2 Å². The molecule has 2 heterocycles. The molecule has 0 fully saturated rings. The first kappa shape index (κ1) is 13.6. The van der Waals surface area contributed by atoms with Crippen molar-refractivity contribution in [2.24, 2.45) is 7.05 Å². The number of carbonyl (C=O) groups excluding carboxylic acids is 1. The minimum absolute atomic E-state index is 0.109. The van der Waals surface area contributed by atoms with Crippen molar-refractivity contribution in [3.8, 4) is 0 Å². The summed E-state index contributed by atoms with van der Waals surface area (Å²) in [7, 11) is 1.69. The molecule has 0 aliphatic carbocycles. The van der Waals surface area contributed by atoms with Crippen LogP contribution in [0.5, 0.6) is 0 Å². The minimum atomic E-state index is -0.109. The Balaban J connectivity index is 2.31. The molecule has 7 heteroatoms. The van der Waals surface area contributed by atoms with Crippen molar-refractivity contribution < 1.29 is 4.79 Å². The predicted octanol–water partition coefficient (Wildman–Crippen LogP) is 1.61. The van der Waals surface area contributed by atoms with Gasteiger partial charge in [-0.2, -0.15) is 10.2 Å². The second-order valence-electron chi connectivity index (χ2n) is 4.33. The summed E-state index contributed by atoms with van der Waals surface area (Å²) in [4.78, 5) is 12.2. The van der Waals surface area contributed by atoms with Crippen molar-refractivity contribution in [1.82, 2.24) is 19.6 Å². The number of rotatable bonds is 4. The van der Waals surface area contributed by atoms with Gasteiger partial charge in [-0.05, 0) is 13.8 Å². The summed E-state index contributed by atoms with van der Waals surface area (Å²) in [5, 5.41) is 8.79. The van der Waals surface area contributed by atoms with Crippen LogP contribution in [0, 0.1) is 6.92 Å². The molecule has 0 atom stereocenters. The number of nitrogen functional groups attached to an aromatic ring is 1. The van der Waals surface area contributed by atoms with E-state index >= 15 is 0 Å². The fourth-order valence-corrected chi connectivity index (χ4v) is 2.15. The summed E-state index contributed by atoms with van der Waals surface area (Å²) in [5.41, 5.74) is 7.66. The van der Waals surface area contributed by atoms with Crippen molar-refractivity contribution in [3.63, 3.8) is 0 Å². The molecule has 0 amide bonds. The molecule has 2 aromatic rings. The highest BCUT2D eigenvalue weighted by molar-refractivity contribution is 6.32. The molecule has 0 spiro atoms. The van der Waals surface area contributed by atoms with E-state index in [2.05, 4.69) is 10.2 Å². The lowest BCUT2D eigenvalue weighted by Gasteiger charge is -2.04. The third-order valence-corrected chi connectivity index (χ3v) is 3.56. The highest BCUT2D eigenvalue weighted by Gasteiger charge is 2.20. The number of nitrogens with zero attached hydrogens (tertiary/aromatic N) is 4. The summed E-state index contributed by atoms with van der Waals surface area (Å²) in [6, 6.07) is 0.